The van der Waals surface area contributed by atoms with Crippen molar-refractivity contribution in [3.05, 3.63) is 92.6 Å². The van der Waals surface area contributed by atoms with Gasteiger partial charge in [0.2, 0.25) is 0 Å². The second kappa shape index (κ2) is 9.08. The first-order valence-corrected chi connectivity index (χ1v) is 9.19. The topological polar surface area (TPSA) is 169 Å². The molecule has 1 aliphatic rings. The number of benzene rings is 1. The van der Waals surface area contributed by atoms with Crippen LogP contribution in [0.3, 0.4) is 0 Å². The molecule has 0 aliphatic carbocycles. The molecule has 11 nitrogen and oxygen atoms in total. The number of nitrogens with one attached hydrogen (secondary N) is 1. The van der Waals surface area contributed by atoms with Crippen LogP contribution in [-0.4, -0.2) is 44.6 Å². The Bertz CT molecular complexity index is 1170. The molecule has 0 fully saturated rings. The second-order valence-corrected chi connectivity index (χ2v) is 6.77. The SMILES string of the molecule is CC1=C(C(=O)O)C(c2cccc([N+](=O)[O-])c2)C(C(=O)O)=C(COC(=O)c2cccnc2)N1. The van der Waals surface area contributed by atoms with Gasteiger partial charge in [-0.1, -0.05) is 12.1 Å². The lowest BCUT2D eigenvalue weighted by Crippen LogP contribution is -2.34. The lowest BCUT2D eigenvalue weighted by molar-refractivity contribution is -0.384. The van der Waals surface area contributed by atoms with Crippen molar-refractivity contribution in [3.63, 3.8) is 0 Å². The number of nitro groups is 1. The number of aliphatic carboxylic acids is 2. The third-order valence-corrected chi connectivity index (χ3v) is 4.76. The number of hydrogen-bond acceptors (Lipinski definition) is 8. The average Bonchev–Trinajstić information content (AvgIpc) is 2.76. The first-order chi connectivity index (χ1) is 15.2. The van der Waals surface area contributed by atoms with Crippen LogP contribution in [0, 0.1) is 10.1 Å². The number of rotatable bonds is 7. The van der Waals surface area contributed by atoms with Gasteiger partial charge in [-0.05, 0) is 24.6 Å². The van der Waals surface area contributed by atoms with E-state index in [1.165, 1.54) is 49.6 Å². The van der Waals surface area contributed by atoms with Gasteiger partial charge in [0.1, 0.15) is 6.61 Å². The fourth-order valence-electron chi connectivity index (χ4n) is 3.40. The number of pyridine rings is 1. The van der Waals surface area contributed by atoms with Crippen molar-refractivity contribution >= 4 is 23.6 Å². The number of carbonyl (C=O) groups is 3. The van der Waals surface area contributed by atoms with Gasteiger partial charge in [0.05, 0.1) is 33.2 Å². The van der Waals surface area contributed by atoms with E-state index < -0.39 is 40.9 Å². The Morgan fingerprint density at radius 1 is 1.16 bits per heavy atom. The van der Waals surface area contributed by atoms with Crippen molar-refractivity contribution in [1.82, 2.24) is 10.3 Å². The largest absolute Gasteiger partial charge is 0.478 e. The summed E-state index contributed by atoms with van der Waals surface area (Å²) >= 11 is 0. The molecule has 3 rings (SSSR count). The van der Waals surface area contributed by atoms with E-state index in [0.29, 0.717) is 0 Å². The zero-order valence-electron chi connectivity index (χ0n) is 16.6. The highest BCUT2D eigenvalue weighted by molar-refractivity contribution is 5.98. The Morgan fingerprint density at radius 3 is 2.47 bits per heavy atom. The molecule has 0 saturated heterocycles. The molecule has 3 N–H and O–H groups in total. The van der Waals surface area contributed by atoms with Gasteiger partial charge >= 0.3 is 17.9 Å². The molecule has 32 heavy (non-hydrogen) atoms. The Hall–Kier alpha value is -4.54. The zero-order valence-corrected chi connectivity index (χ0v) is 16.6. The van der Waals surface area contributed by atoms with E-state index in [9.17, 15) is 34.7 Å². The minimum absolute atomic E-state index is 0.0475. The fraction of sp³-hybridized carbons (Fsp3) is 0.143. The molecule has 2 aromatic rings. The van der Waals surface area contributed by atoms with Crippen LogP contribution in [0.15, 0.2) is 71.3 Å². The molecular weight excluding hydrogens is 422 g/mol. The number of allylic oxidation sites excluding steroid dienone is 1. The molecule has 0 spiro atoms. The van der Waals surface area contributed by atoms with Gasteiger partial charge in [0.25, 0.3) is 5.69 Å². The maximum absolute atomic E-state index is 12.2. The highest BCUT2D eigenvalue weighted by Gasteiger charge is 2.38. The van der Waals surface area contributed by atoms with E-state index in [2.05, 4.69) is 10.3 Å². The maximum atomic E-state index is 12.2. The molecule has 164 valence electrons. The molecule has 0 radical (unpaired) electrons. The Labute approximate surface area is 180 Å². The number of nitrogens with zero attached hydrogens (tertiary/aromatic N) is 2. The number of carbonyl (C=O) groups excluding carboxylic acids is 1. The average molecular weight is 439 g/mol. The van der Waals surface area contributed by atoms with E-state index in [-0.39, 0.29) is 33.8 Å². The Morgan fingerprint density at radius 2 is 1.88 bits per heavy atom. The fourth-order valence-corrected chi connectivity index (χ4v) is 3.40. The van der Waals surface area contributed by atoms with Crippen LogP contribution in [-0.2, 0) is 14.3 Å². The van der Waals surface area contributed by atoms with Crippen molar-refractivity contribution < 1.29 is 34.3 Å². The van der Waals surface area contributed by atoms with E-state index in [4.69, 9.17) is 4.74 Å². The molecule has 1 unspecified atom stereocenters. The van der Waals surface area contributed by atoms with Crippen molar-refractivity contribution in [2.75, 3.05) is 6.61 Å². The van der Waals surface area contributed by atoms with Gasteiger partial charge in [-0.25, -0.2) is 14.4 Å². The summed E-state index contributed by atoms with van der Waals surface area (Å²) in [4.78, 5) is 50.7. The van der Waals surface area contributed by atoms with Crippen molar-refractivity contribution in [2.45, 2.75) is 12.8 Å². The lowest BCUT2D eigenvalue weighted by Gasteiger charge is -2.29. The molecule has 1 aliphatic heterocycles. The normalized spacial score (nSPS) is 15.7. The lowest BCUT2D eigenvalue weighted by atomic mass is 9.80. The van der Waals surface area contributed by atoms with Crippen LogP contribution in [0.4, 0.5) is 5.69 Å². The van der Waals surface area contributed by atoms with Crippen LogP contribution in [0.5, 0.6) is 0 Å². The van der Waals surface area contributed by atoms with E-state index in [1.54, 1.807) is 0 Å². The van der Waals surface area contributed by atoms with Gasteiger partial charge in [-0.2, -0.15) is 0 Å². The summed E-state index contributed by atoms with van der Waals surface area (Å²) in [7, 11) is 0. The Balaban J connectivity index is 2.06. The van der Waals surface area contributed by atoms with Gasteiger partial charge in [-0.15, -0.1) is 0 Å². The number of carboxylic acids is 2. The molecule has 1 aromatic carbocycles. The number of nitro benzene ring substituents is 1. The number of non-ortho nitro benzene ring substituents is 1. The highest BCUT2D eigenvalue weighted by atomic mass is 16.6. The van der Waals surface area contributed by atoms with Gasteiger partial charge < -0.3 is 20.3 Å². The second-order valence-electron chi connectivity index (χ2n) is 6.77. The first kappa shape index (κ1) is 22.2. The number of aromatic nitrogens is 1. The van der Waals surface area contributed by atoms with Crippen LogP contribution in [0.1, 0.15) is 28.8 Å². The van der Waals surface area contributed by atoms with Crippen molar-refractivity contribution in [3.8, 4) is 0 Å². The first-order valence-electron chi connectivity index (χ1n) is 9.19. The summed E-state index contributed by atoms with van der Waals surface area (Å²) in [6.07, 6.45) is 2.75. The van der Waals surface area contributed by atoms with Crippen molar-refractivity contribution in [2.24, 2.45) is 0 Å². The minimum Gasteiger partial charge on any atom is -0.478 e. The van der Waals surface area contributed by atoms with Gasteiger partial charge in [0.15, 0.2) is 0 Å². The van der Waals surface area contributed by atoms with Crippen LogP contribution < -0.4 is 5.32 Å². The molecule has 0 amide bonds. The van der Waals surface area contributed by atoms with Crippen molar-refractivity contribution in [1.29, 1.82) is 0 Å². The third kappa shape index (κ3) is 4.46. The number of hydrogen-bond donors (Lipinski definition) is 3. The molecule has 11 heteroatoms. The van der Waals surface area contributed by atoms with Crippen LogP contribution in [0.25, 0.3) is 0 Å². The van der Waals surface area contributed by atoms with Crippen LogP contribution in [0.2, 0.25) is 0 Å². The molecule has 1 aromatic heterocycles. The number of ether oxygens (including phenoxy) is 1. The minimum atomic E-state index is -1.47. The summed E-state index contributed by atoms with van der Waals surface area (Å²) < 4.78 is 5.20. The molecule has 2 heterocycles. The molecule has 0 saturated carbocycles. The Kier molecular flexibility index (Phi) is 6.29. The van der Waals surface area contributed by atoms with Gasteiger partial charge in [0, 0.05) is 30.2 Å². The molecule has 0 bridgehead atoms. The predicted octanol–water partition coefficient (Wildman–Crippen LogP) is 2.23. The summed E-state index contributed by atoms with van der Waals surface area (Å²) in [6.45, 7) is 0.931. The maximum Gasteiger partial charge on any atom is 0.340 e. The molecule has 1 atom stereocenters. The predicted molar refractivity (Wildman–Crippen MR) is 108 cm³/mol. The summed E-state index contributed by atoms with van der Waals surface area (Å²) in [5.41, 5.74) is -0.684. The smallest absolute Gasteiger partial charge is 0.340 e. The standard InChI is InChI=1S/C21H17N3O8/c1-11-16(19(25)26)17(12-4-2-6-14(8-12)24(30)31)18(20(27)28)15(23-11)10-32-21(29)13-5-3-7-22-9-13/h2-9,17,23H,10H2,1H3,(H,25,26)(H,27,28). The molecular formula is C21H17N3O8. The van der Waals surface area contributed by atoms with E-state index in [0.717, 1.165) is 6.07 Å². The van der Waals surface area contributed by atoms with Gasteiger partial charge in [-0.3, -0.25) is 15.1 Å². The monoisotopic (exact) mass is 439 g/mol. The van der Waals surface area contributed by atoms with E-state index >= 15 is 0 Å². The third-order valence-electron chi connectivity index (χ3n) is 4.76. The van der Waals surface area contributed by atoms with Crippen LogP contribution >= 0.6 is 0 Å². The quantitative estimate of drug-likeness (QED) is 0.330. The zero-order chi connectivity index (χ0) is 23.4. The summed E-state index contributed by atoms with van der Waals surface area (Å²) in [5, 5.41) is 33.5. The highest BCUT2D eigenvalue weighted by Crippen LogP contribution is 2.39. The summed E-state index contributed by atoms with van der Waals surface area (Å²) in [5.74, 6) is -4.95. The number of esters is 1. The number of dihydropyridines is 1. The number of carboxylic acid groups (broad SMARTS) is 2. The summed E-state index contributed by atoms with van der Waals surface area (Å²) in [6, 6.07) is 8.07. The van der Waals surface area contributed by atoms with E-state index in [1.807, 2.05) is 0 Å².